The smallest absolute Gasteiger partial charge is 0.337 e. The van der Waals surface area contributed by atoms with Crippen LogP contribution in [0.2, 0.25) is 10.0 Å². The molecule has 2 aromatic rings. The number of aromatic carboxylic acids is 1. The van der Waals surface area contributed by atoms with Crippen molar-refractivity contribution in [1.29, 1.82) is 0 Å². The first-order chi connectivity index (χ1) is 11.8. The van der Waals surface area contributed by atoms with Gasteiger partial charge in [-0.15, -0.1) is 0 Å². The van der Waals surface area contributed by atoms with E-state index in [0.29, 0.717) is 11.3 Å². The molecular formula is C16H12Cl2N2O4S. The second-order valence-corrected chi connectivity index (χ2v) is 5.98. The first kappa shape index (κ1) is 19.0. The van der Waals surface area contributed by atoms with Crippen LogP contribution in [-0.4, -0.2) is 29.2 Å². The summed E-state index contributed by atoms with van der Waals surface area (Å²) in [5, 5.41) is 14.4. The number of anilines is 1. The van der Waals surface area contributed by atoms with Crippen LogP contribution in [0.3, 0.4) is 0 Å². The molecule has 0 unspecified atom stereocenters. The van der Waals surface area contributed by atoms with E-state index < -0.39 is 11.9 Å². The van der Waals surface area contributed by atoms with Crippen LogP contribution in [0.15, 0.2) is 36.4 Å². The lowest BCUT2D eigenvalue weighted by Gasteiger charge is -2.12. The number of carboxylic acids is 1. The van der Waals surface area contributed by atoms with Gasteiger partial charge in [-0.2, -0.15) is 0 Å². The highest BCUT2D eigenvalue weighted by Crippen LogP contribution is 2.29. The largest absolute Gasteiger partial charge is 0.497 e. The van der Waals surface area contributed by atoms with Crippen LogP contribution < -0.4 is 15.4 Å². The van der Waals surface area contributed by atoms with E-state index in [2.05, 4.69) is 10.6 Å². The van der Waals surface area contributed by atoms with E-state index in [1.54, 1.807) is 24.3 Å². The maximum absolute atomic E-state index is 12.1. The average molecular weight is 399 g/mol. The monoisotopic (exact) mass is 398 g/mol. The number of rotatable bonds is 4. The molecule has 6 nitrogen and oxygen atoms in total. The van der Waals surface area contributed by atoms with Gasteiger partial charge in [-0.1, -0.05) is 23.2 Å². The first-order valence-corrected chi connectivity index (χ1v) is 7.97. The molecule has 3 N–H and O–H groups in total. The summed E-state index contributed by atoms with van der Waals surface area (Å²) >= 11 is 16.9. The Bertz CT molecular complexity index is 841. The molecule has 2 rings (SSSR count). The Hall–Kier alpha value is -2.35. The number of hydrogen-bond donors (Lipinski definition) is 3. The van der Waals surface area contributed by atoms with Crippen LogP contribution in [0.4, 0.5) is 5.69 Å². The van der Waals surface area contributed by atoms with Crippen molar-refractivity contribution in [2.75, 3.05) is 12.4 Å². The second kappa shape index (κ2) is 8.15. The minimum Gasteiger partial charge on any atom is -0.497 e. The SMILES string of the molecule is COc1ccc(C(=O)NC(=S)Nc2cc(C(=O)O)c(Cl)cc2Cl)cc1. The zero-order valence-corrected chi connectivity index (χ0v) is 15.1. The molecule has 0 radical (unpaired) electrons. The summed E-state index contributed by atoms with van der Waals surface area (Å²) in [6.07, 6.45) is 0. The zero-order chi connectivity index (χ0) is 18.6. The summed E-state index contributed by atoms with van der Waals surface area (Å²) in [6.45, 7) is 0. The van der Waals surface area contributed by atoms with Crippen molar-refractivity contribution < 1.29 is 19.4 Å². The number of carboxylic acid groups (broad SMARTS) is 1. The zero-order valence-electron chi connectivity index (χ0n) is 12.8. The van der Waals surface area contributed by atoms with E-state index in [1.165, 1.54) is 19.2 Å². The van der Waals surface area contributed by atoms with E-state index in [4.69, 9.17) is 45.3 Å². The van der Waals surface area contributed by atoms with Crippen molar-refractivity contribution in [1.82, 2.24) is 5.32 Å². The Morgan fingerprint density at radius 2 is 1.76 bits per heavy atom. The van der Waals surface area contributed by atoms with Gasteiger partial charge in [0.25, 0.3) is 5.91 Å². The predicted octanol–water partition coefficient (Wildman–Crippen LogP) is 3.83. The fourth-order valence-electron chi connectivity index (χ4n) is 1.88. The second-order valence-electron chi connectivity index (χ2n) is 4.75. The summed E-state index contributed by atoms with van der Waals surface area (Å²) in [5.74, 6) is -1.03. The van der Waals surface area contributed by atoms with E-state index in [0.717, 1.165) is 0 Å². The number of thiocarbonyl (C=S) groups is 1. The Morgan fingerprint density at radius 1 is 1.12 bits per heavy atom. The van der Waals surface area contributed by atoms with Crippen molar-refractivity contribution in [3.8, 4) is 5.75 Å². The van der Waals surface area contributed by atoms with Crippen LogP contribution in [0.5, 0.6) is 5.75 Å². The first-order valence-electron chi connectivity index (χ1n) is 6.80. The number of amides is 1. The van der Waals surface area contributed by atoms with Crippen LogP contribution in [-0.2, 0) is 0 Å². The van der Waals surface area contributed by atoms with Gasteiger partial charge >= 0.3 is 5.97 Å². The van der Waals surface area contributed by atoms with E-state index in [9.17, 15) is 9.59 Å². The molecule has 0 aliphatic heterocycles. The minimum atomic E-state index is -1.21. The van der Waals surface area contributed by atoms with Crippen LogP contribution in [0.1, 0.15) is 20.7 Å². The minimum absolute atomic E-state index is 0.00348. The van der Waals surface area contributed by atoms with Gasteiger partial charge in [-0.25, -0.2) is 4.79 Å². The molecule has 0 aromatic heterocycles. The summed E-state index contributed by atoms with van der Waals surface area (Å²) < 4.78 is 5.02. The molecule has 130 valence electrons. The molecule has 0 aliphatic rings. The summed E-state index contributed by atoms with van der Waals surface area (Å²) in [5.41, 5.74) is 0.444. The van der Waals surface area contributed by atoms with Crippen molar-refractivity contribution in [2.24, 2.45) is 0 Å². The summed E-state index contributed by atoms with van der Waals surface area (Å²) in [4.78, 5) is 23.2. The molecule has 0 fully saturated rings. The lowest BCUT2D eigenvalue weighted by atomic mass is 10.2. The van der Waals surface area contributed by atoms with E-state index in [1.807, 2.05) is 0 Å². The normalized spacial score (nSPS) is 10.0. The van der Waals surface area contributed by atoms with E-state index in [-0.39, 0.29) is 26.4 Å². The lowest BCUT2D eigenvalue weighted by molar-refractivity contribution is 0.0697. The third kappa shape index (κ3) is 4.82. The van der Waals surface area contributed by atoms with Gasteiger partial charge in [-0.3, -0.25) is 10.1 Å². The molecule has 0 bridgehead atoms. The number of ether oxygens (including phenoxy) is 1. The van der Waals surface area contributed by atoms with E-state index >= 15 is 0 Å². The number of carbonyl (C=O) groups is 2. The van der Waals surface area contributed by atoms with Gasteiger partial charge < -0.3 is 15.2 Å². The van der Waals surface area contributed by atoms with Gasteiger partial charge in [0.2, 0.25) is 0 Å². The predicted molar refractivity (Wildman–Crippen MR) is 100 cm³/mol. The van der Waals surface area contributed by atoms with Crippen molar-refractivity contribution in [3.63, 3.8) is 0 Å². The molecule has 9 heteroatoms. The Balaban J connectivity index is 2.10. The summed E-state index contributed by atoms with van der Waals surface area (Å²) in [7, 11) is 1.52. The molecule has 0 saturated heterocycles. The number of benzene rings is 2. The Labute approximate surface area is 158 Å². The number of halogens is 2. The molecule has 0 aliphatic carbocycles. The maximum Gasteiger partial charge on any atom is 0.337 e. The van der Waals surface area contributed by atoms with Crippen molar-refractivity contribution in [2.45, 2.75) is 0 Å². The fraction of sp³-hybridized carbons (Fsp3) is 0.0625. The number of nitrogens with one attached hydrogen (secondary N) is 2. The van der Waals surface area contributed by atoms with Gasteiger partial charge in [0, 0.05) is 5.56 Å². The van der Waals surface area contributed by atoms with Crippen LogP contribution >= 0.6 is 35.4 Å². The van der Waals surface area contributed by atoms with Gasteiger partial charge in [-0.05, 0) is 48.6 Å². The maximum atomic E-state index is 12.1. The quantitative estimate of drug-likeness (QED) is 0.678. The molecule has 2 aromatic carbocycles. The van der Waals surface area contributed by atoms with Crippen LogP contribution in [0.25, 0.3) is 0 Å². The third-order valence-corrected chi connectivity index (χ3v) is 3.94. The number of methoxy groups -OCH3 is 1. The molecule has 1 amide bonds. The highest BCUT2D eigenvalue weighted by atomic mass is 35.5. The van der Waals surface area contributed by atoms with Crippen molar-refractivity contribution >= 4 is 58.1 Å². The molecule has 0 saturated carbocycles. The molecule has 0 spiro atoms. The van der Waals surface area contributed by atoms with Gasteiger partial charge in [0.05, 0.1) is 28.4 Å². The topological polar surface area (TPSA) is 87.7 Å². The fourth-order valence-corrected chi connectivity index (χ4v) is 2.59. The Kier molecular flexibility index (Phi) is 6.19. The molecule has 0 heterocycles. The van der Waals surface area contributed by atoms with Gasteiger partial charge in [0.1, 0.15) is 5.75 Å². The van der Waals surface area contributed by atoms with Crippen molar-refractivity contribution in [3.05, 3.63) is 57.6 Å². The highest BCUT2D eigenvalue weighted by molar-refractivity contribution is 7.80. The molecule has 25 heavy (non-hydrogen) atoms. The van der Waals surface area contributed by atoms with Crippen LogP contribution in [0, 0.1) is 0 Å². The Morgan fingerprint density at radius 3 is 2.32 bits per heavy atom. The highest BCUT2D eigenvalue weighted by Gasteiger charge is 2.15. The lowest BCUT2D eigenvalue weighted by Crippen LogP contribution is -2.34. The van der Waals surface area contributed by atoms with Gasteiger partial charge in [0.15, 0.2) is 5.11 Å². The number of hydrogen-bond acceptors (Lipinski definition) is 4. The molecular weight excluding hydrogens is 387 g/mol. The standard InChI is InChI=1S/C16H12Cl2N2O4S/c1-24-9-4-2-8(3-5-9)14(21)20-16(25)19-13-6-10(15(22)23)11(17)7-12(13)18/h2-7H,1H3,(H,22,23)(H2,19,20,21,25). The molecule has 0 atom stereocenters. The third-order valence-electron chi connectivity index (χ3n) is 3.11. The summed E-state index contributed by atoms with van der Waals surface area (Å²) in [6, 6.07) is 8.95. The average Bonchev–Trinajstić information content (AvgIpc) is 2.57. The number of carbonyl (C=O) groups excluding carboxylic acids is 1.